The summed E-state index contributed by atoms with van der Waals surface area (Å²) in [6.07, 6.45) is 1.52. The van der Waals surface area contributed by atoms with Crippen LogP contribution in [0.5, 0.6) is 0 Å². The van der Waals surface area contributed by atoms with Gasteiger partial charge in [-0.2, -0.15) is 0 Å². The van der Waals surface area contributed by atoms with Crippen molar-refractivity contribution in [3.8, 4) is 0 Å². The molecule has 2 aromatic heterocycles. The van der Waals surface area contributed by atoms with Crippen molar-refractivity contribution in [1.29, 1.82) is 0 Å². The minimum Gasteiger partial charge on any atom is -0.310 e. The Labute approximate surface area is 103 Å². The molecule has 0 radical (unpaired) electrons. The average molecular weight is 250 g/mol. The van der Waals surface area contributed by atoms with Gasteiger partial charge in [0.2, 0.25) is 0 Å². The molecule has 0 amide bonds. The monoisotopic (exact) mass is 250 g/mol. The van der Waals surface area contributed by atoms with E-state index in [9.17, 15) is 9.59 Å². The molecule has 17 heavy (non-hydrogen) atoms. The van der Waals surface area contributed by atoms with Crippen LogP contribution in [0.1, 0.15) is 34.9 Å². The Morgan fingerprint density at radius 3 is 2.76 bits per heavy atom. The molecule has 0 saturated carbocycles. The molecule has 2 heterocycles. The van der Waals surface area contributed by atoms with Crippen LogP contribution in [0.2, 0.25) is 0 Å². The zero-order valence-corrected chi connectivity index (χ0v) is 10.9. The zero-order chi connectivity index (χ0) is 12.6. The van der Waals surface area contributed by atoms with E-state index < -0.39 is 0 Å². The number of aromatic amines is 1. The van der Waals surface area contributed by atoms with Crippen LogP contribution in [0.4, 0.5) is 0 Å². The van der Waals surface area contributed by atoms with Crippen LogP contribution in [0.15, 0.2) is 4.79 Å². The Bertz CT molecular complexity index is 625. The van der Waals surface area contributed by atoms with Crippen LogP contribution in [-0.4, -0.2) is 16.3 Å². The molecule has 2 aromatic rings. The van der Waals surface area contributed by atoms with Gasteiger partial charge in [0.25, 0.3) is 5.56 Å². The highest BCUT2D eigenvalue weighted by Gasteiger charge is 2.13. The van der Waals surface area contributed by atoms with Crippen LogP contribution in [0, 0.1) is 12.8 Å². The molecule has 1 N–H and O–H groups in total. The van der Waals surface area contributed by atoms with Gasteiger partial charge in [0, 0.05) is 6.42 Å². The highest BCUT2D eigenvalue weighted by atomic mass is 32.1. The Hall–Kier alpha value is -1.49. The number of nitrogens with zero attached hydrogens (tertiary/aromatic N) is 1. The van der Waals surface area contributed by atoms with E-state index >= 15 is 0 Å². The molecule has 0 bridgehead atoms. The molecule has 0 atom stereocenters. The van der Waals surface area contributed by atoms with E-state index in [4.69, 9.17) is 0 Å². The number of hydrogen-bond donors (Lipinski definition) is 1. The Balaban J connectivity index is 2.66. The number of thiophene rings is 1. The number of aryl methyl sites for hydroxylation is 1. The first-order valence-corrected chi connectivity index (χ1v) is 6.32. The third-order valence-corrected chi connectivity index (χ3v) is 3.71. The predicted octanol–water partition coefficient (Wildman–Crippen LogP) is 2.30. The van der Waals surface area contributed by atoms with Gasteiger partial charge in [0.15, 0.2) is 6.29 Å². The molecular weight excluding hydrogens is 236 g/mol. The first-order chi connectivity index (χ1) is 8.02. The Kier molecular flexibility index (Phi) is 3.11. The maximum atomic E-state index is 11.9. The van der Waals surface area contributed by atoms with Gasteiger partial charge < -0.3 is 4.98 Å². The van der Waals surface area contributed by atoms with Crippen molar-refractivity contribution in [2.75, 3.05) is 0 Å². The summed E-state index contributed by atoms with van der Waals surface area (Å²) in [4.78, 5) is 31.2. The van der Waals surface area contributed by atoms with Gasteiger partial charge in [-0.25, -0.2) is 4.98 Å². The second kappa shape index (κ2) is 4.41. The van der Waals surface area contributed by atoms with Crippen LogP contribution >= 0.6 is 11.3 Å². The smallest absolute Gasteiger partial charge is 0.259 e. The number of carbonyl (C=O) groups is 1. The lowest BCUT2D eigenvalue weighted by Gasteiger charge is -2.03. The molecule has 2 rings (SSSR count). The fourth-order valence-corrected chi connectivity index (χ4v) is 2.82. The summed E-state index contributed by atoms with van der Waals surface area (Å²) < 4.78 is 0. The van der Waals surface area contributed by atoms with E-state index in [1.54, 1.807) is 6.92 Å². The van der Waals surface area contributed by atoms with Crippen molar-refractivity contribution in [3.05, 3.63) is 26.6 Å². The van der Waals surface area contributed by atoms with Crippen LogP contribution in [0.25, 0.3) is 10.2 Å². The lowest BCUT2D eigenvalue weighted by atomic mass is 10.1. The third-order valence-electron chi connectivity index (χ3n) is 2.60. The summed E-state index contributed by atoms with van der Waals surface area (Å²) in [5.41, 5.74) is 0.581. The lowest BCUT2D eigenvalue weighted by molar-refractivity contribution is 0.112. The van der Waals surface area contributed by atoms with Gasteiger partial charge in [-0.1, -0.05) is 13.8 Å². The standard InChI is InChI=1S/C12H14N2O2S/c1-6(2)4-9-13-11(16)10-7(3)8(5-15)17-12(10)14-9/h5-6H,4H2,1-3H3,(H,13,14,16). The van der Waals surface area contributed by atoms with E-state index in [0.29, 0.717) is 26.8 Å². The number of fused-ring (bicyclic) bond motifs is 1. The quantitative estimate of drug-likeness (QED) is 0.850. The van der Waals surface area contributed by atoms with Gasteiger partial charge in [0.1, 0.15) is 10.7 Å². The highest BCUT2D eigenvalue weighted by Crippen LogP contribution is 2.25. The molecule has 0 fully saturated rings. The summed E-state index contributed by atoms with van der Waals surface area (Å²) in [6.45, 7) is 5.92. The summed E-state index contributed by atoms with van der Waals surface area (Å²) in [5, 5.41) is 0.546. The molecule has 0 unspecified atom stereocenters. The number of aromatic nitrogens is 2. The first kappa shape index (κ1) is 12.0. The fourth-order valence-electron chi connectivity index (χ4n) is 1.80. The maximum Gasteiger partial charge on any atom is 0.259 e. The molecule has 0 spiro atoms. The van der Waals surface area contributed by atoms with Crippen molar-refractivity contribution in [1.82, 2.24) is 9.97 Å². The van der Waals surface area contributed by atoms with Gasteiger partial charge in [-0.3, -0.25) is 9.59 Å². The largest absolute Gasteiger partial charge is 0.310 e. The van der Waals surface area contributed by atoms with Crippen molar-refractivity contribution >= 4 is 27.8 Å². The number of hydrogen-bond acceptors (Lipinski definition) is 4. The Morgan fingerprint density at radius 1 is 1.47 bits per heavy atom. The summed E-state index contributed by atoms with van der Waals surface area (Å²) in [6, 6.07) is 0. The third kappa shape index (κ3) is 2.15. The molecule has 0 aliphatic rings. The molecule has 0 aromatic carbocycles. The van der Waals surface area contributed by atoms with Crippen molar-refractivity contribution < 1.29 is 4.79 Å². The summed E-state index contributed by atoms with van der Waals surface area (Å²) in [5.74, 6) is 1.12. The normalized spacial score (nSPS) is 11.3. The van der Waals surface area contributed by atoms with E-state index in [2.05, 4.69) is 23.8 Å². The van der Waals surface area contributed by atoms with Crippen LogP contribution < -0.4 is 5.56 Å². The molecule has 90 valence electrons. The number of rotatable bonds is 3. The molecule has 0 aliphatic carbocycles. The SMILES string of the molecule is Cc1c(C=O)sc2nc(CC(C)C)[nH]c(=O)c12. The topological polar surface area (TPSA) is 62.8 Å². The van der Waals surface area contributed by atoms with E-state index in [1.807, 2.05) is 0 Å². The van der Waals surface area contributed by atoms with Crippen LogP contribution in [-0.2, 0) is 6.42 Å². The number of H-pyrrole nitrogens is 1. The maximum absolute atomic E-state index is 11.9. The molecule has 0 aliphatic heterocycles. The molecular formula is C12H14N2O2S. The second-order valence-electron chi connectivity index (χ2n) is 4.50. The first-order valence-electron chi connectivity index (χ1n) is 5.50. The van der Waals surface area contributed by atoms with E-state index in [0.717, 1.165) is 18.3 Å². The van der Waals surface area contributed by atoms with Crippen molar-refractivity contribution in [2.45, 2.75) is 27.2 Å². The van der Waals surface area contributed by atoms with Crippen molar-refractivity contribution in [2.24, 2.45) is 5.92 Å². The van der Waals surface area contributed by atoms with Crippen molar-refractivity contribution in [3.63, 3.8) is 0 Å². The summed E-state index contributed by atoms with van der Waals surface area (Å²) in [7, 11) is 0. The Morgan fingerprint density at radius 2 is 2.18 bits per heavy atom. The predicted molar refractivity (Wildman–Crippen MR) is 68.9 cm³/mol. The molecule has 4 nitrogen and oxygen atoms in total. The minimum absolute atomic E-state index is 0.146. The van der Waals surface area contributed by atoms with Gasteiger partial charge in [-0.05, 0) is 18.4 Å². The minimum atomic E-state index is -0.146. The molecule has 0 saturated heterocycles. The number of aldehydes is 1. The highest BCUT2D eigenvalue weighted by molar-refractivity contribution is 7.20. The van der Waals surface area contributed by atoms with Gasteiger partial charge in [-0.15, -0.1) is 11.3 Å². The van der Waals surface area contributed by atoms with Gasteiger partial charge in [0.05, 0.1) is 10.3 Å². The van der Waals surface area contributed by atoms with E-state index in [-0.39, 0.29) is 5.56 Å². The number of nitrogens with one attached hydrogen (secondary N) is 1. The lowest BCUT2D eigenvalue weighted by Crippen LogP contribution is -2.13. The van der Waals surface area contributed by atoms with Gasteiger partial charge >= 0.3 is 0 Å². The fraction of sp³-hybridized carbons (Fsp3) is 0.417. The molecule has 5 heteroatoms. The average Bonchev–Trinajstić information content (AvgIpc) is 2.54. The summed E-state index contributed by atoms with van der Waals surface area (Å²) >= 11 is 1.28. The number of carbonyl (C=O) groups excluding carboxylic acids is 1. The van der Waals surface area contributed by atoms with Crippen LogP contribution in [0.3, 0.4) is 0 Å². The zero-order valence-electron chi connectivity index (χ0n) is 10.0. The van der Waals surface area contributed by atoms with E-state index in [1.165, 1.54) is 11.3 Å². The second-order valence-corrected chi connectivity index (χ2v) is 5.53.